The molecule has 4 heteroatoms. The van der Waals surface area contributed by atoms with E-state index in [9.17, 15) is 9.59 Å². The van der Waals surface area contributed by atoms with Gasteiger partial charge in [-0.1, -0.05) is 48.5 Å². The molecule has 0 heterocycles. The number of carbonyl (C=O) groups is 2. The van der Waals surface area contributed by atoms with Crippen molar-refractivity contribution in [2.75, 3.05) is 13.2 Å². The van der Waals surface area contributed by atoms with Crippen LogP contribution in [0.3, 0.4) is 0 Å². The molecule has 0 fully saturated rings. The van der Waals surface area contributed by atoms with Crippen LogP contribution in [0.4, 0.5) is 0 Å². The lowest BCUT2D eigenvalue weighted by molar-refractivity contribution is 0.0513. The van der Waals surface area contributed by atoms with Crippen molar-refractivity contribution >= 4 is 11.9 Å². The molecule has 3 aromatic rings. The lowest BCUT2D eigenvalue weighted by Gasteiger charge is -2.18. The van der Waals surface area contributed by atoms with Crippen LogP contribution in [0.1, 0.15) is 45.7 Å². The molecular weight excluding hydrogens is 376 g/mol. The zero-order valence-corrected chi connectivity index (χ0v) is 17.8. The molecule has 154 valence electrons. The number of hydrogen-bond donors (Lipinski definition) is 0. The molecule has 0 atom stereocenters. The van der Waals surface area contributed by atoms with E-state index in [4.69, 9.17) is 9.47 Å². The Morgan fingerprint density at radius 1 is 0.633 bits per heavy atom. The molecular formula is C26H26O4. The van der Waals surface area contributed by atoms with E-state index in [0.717, 1.165) is 22.3 Å². The Balaban J connectivity index is 2.36. The van der Waals surface area contributed by atoms with Crippen LogP contribution in [-0.2, 0) is 9.47 Å². The summed E-state index contributed by atoms with van der Waals surface area (Å²) in [7, 11) is 0. The Hall–Kier alpha value is -3.40. The Bertz CT molecular complexity index is 995. The third kappa shape index (κ3) is 4.28. The molecule has 30 heavy (non-hydrogen) atoms. The van der Waals surface area contributed by atoms with E-state index in [1.807, 2.05) is 62.4 Å². The van der Waals surface area contributed by atoms with Crippen molar-refractivity contribution in [1.82, 2.24) is 0 Å². The van der Waals surface area contributed by atoms with Gasteiger partial charge in [0.05, 0.1) is 24.3 Å². The molecule has 0 aromatic heterocycles. The van der Waals surface area contributed by atoms with Crippen LogP contribution < -0.4 is 0 Å². The Morgan fingerprint density at radius 2 is 1.00 bits per heavy atom. The Morgan fingerprint density at radius 3 is 1.33 bits per heavy atom. The molecule has 0 aliphatic carbocycles. The molecule has 0 aliphatic rings. The van der Waals surface area contributed by atoms with E-state index < -0.39 is 11.9 Å². The number of benzene rings is 3. The van der Waals surface area contributed by atoms with E-state index >= 15 is 0 Å². The summed E-state index contributed by atoms with van der Waals surface area (Å²) >= 11 is 0. The van der Waals surface area contributed by atoms with Crippen molar-refractivity contribution in [3.63, 3.8) is 0 Å². The van der Waals surface area contributed by atoms with Gasteiger partial charge in [-0.05, 0) is 73.2 Å². The molecule has 0 amide bonds. The summed E-state index contributed by atoms with van der Waals surface area (Å²) in [5.74, 6) is -0.831. The maximum absolute atomic E-state index is 12.9. The second kappa shape index (κ2) is 9.40. The Labute approximate surface area is 177 Å². The summed E-state index contributed by atoms with van der Waals surface area (Å²) in [5.41, 5.74) is 5.93. The van der Waals surface area contributed by atoms with Crippen molar-refractivity contribution in [2.45, 2.75) is 27.7 Å². The van der Waals surface area contributed by atoms with Gasteiger partial charge in [0.15, 0.2) is 0 Å². The quantitative estimate of drug-likeness (QED) is 0.475. The molecule has 4 nitrogen and oxygen atoms in total. The van der Waals surface area contributed by atoms with E-state index in [1.54, 1.807) is 26.0 Å². The summed E-state index contributed by atoms with van der Waals surface area (Å²) in [6.45, 7) is 8.05. The van der Waals surface area contributed by atoms with Crippen molar-refractivity contribution in [1.29, 1.82) is 0 Å². The summed E-state index contributed by atoms with van der Waals surface area (Å²) in [6, 6.07) is 19.1. The molecule has 0 aliphatic heterocycles. The summed E-state index contributed by atoms with van der Waals surface area (Å²) < 4.78 is 10.7. The topological polar surface area (TPSA) is 52.6 Å². The molecule has 0 unspecified atom stereocenters. The molecule has 0 radical (unpaired) electrons. The maximum Gasteiger partial charge on any atom is 0.338 e. The highest BCUT2D eigenvalue weighted by atomic mass is 16.5. The molecule has 0 saturated carbocycles. The van der Waals surface area contributed by atoms with Crippen LogP contribution in [-0.4, -0.2) is 25.2 Å². The standard InChI is InChI=1S/C26H26O4/c1-5-29-25(27)23-15-22(20-14-10-8-12-18(20)4)24(26(28)30-6-2)16-21(23)19-13-9-7-11-17(19)3/h7-16H,5-6H2,1-4H3. The lowest BCUT2D eigenvalue weighted by atomic mass is 9.88. The fourth-order valence-electron chi connectivity index (χ4n) is 3.55. The predicted molar refractivity (Wildman–Crippen MR) is 119 cm³/mol. The van der Waals surface area contributed by atoms with Gasteiger partial charge in [-0.25, -0.2) is 9.59 Å². The zero-order chi connectivity index (χ0) is 21.7. The third-order valence-electron chi connectivity index (χ3n) is 5.02. The molecule has 0 spiro atoms. The van der Waals surface area contributed by atoms with Gasteiger partial charge < -0.3 is 9.47 Å². The number of aryl methyl sites for hydroxylation is 2. The first kappa shape index (κ1) is 21.3. The van der Waals surface area contributed by atoms with Crippen LogP contribution in [0.5, 0.6) is 0 Å². The SMILES string of the molecule is CCOC(=O)c1cc(-c2ccccc2C)c(C(=O)OCC)cc1-c1ccccc1C. The highest BCUT2D eigenvalue weighted by Gasteiger charge is 2.23. The first-order valence-corrected chi connectivity index (χ1v) is 10.1. The van der Waals surface area contributed by atoms with Gasteiger partial charge >= 0.3 is 11.9 Å². The summed E-state index contributed by atoms with van der Waals surface area (Å²) in [5, 5.41) is 0. The molecule has 3 rings (SSSR count). The van der Waals surface area contributed by atoms with Crippen molar-refractivity contribution < 1.29 is 19.1 Å². The molecule has 0 bridgehead atoms. The highest BCUT2D eigenvalue weighted by Crippen LogP contribution is 2.36. The van der Waals surface area contributed by atoms with E-state index in [1.165, 1.54) is 0 Å². The highest BCUT2D eigenvalue weighted by molar-refractivity contribution is 6.05. The monoisotopic (exact) mass is 402 g/mol. The van der Waals surface area contributed by atoms with Crippen LogP contribution in [0, 0.1) is 13.8 Å². The van der Waals surface area contributed by atoms with E-state index in [2.05, 4.69) is 0 Å². The van der Waals surface area contributed by atoms with Crippen molar-refractivity contribution in [3.05, 3.63) is 82.9 Å². The molecule has 0 N–H and O–H groups in total. The van der Waals surface area contributed by atoms with Crippen LogP contribution in [0.15, 0.2) is 60.7 Å². The number of ether oxygens (including phenoxy) is 2. The van der Waals surface area contributed by atoms with Crippen LogP contribution in [0.2, 0.25) is 0 Å². The number of rotatable bonds is 6. The normalized spacial score (nSPS) is 10.5. The third-order valence-corrected chi connectivity index (χ3v) is 5.02. The van der Waals surface area contributed by atoms with Gasteiger partial charge in [-0.3, -0.25) is 0 Å². The fourth-order valence-corrected chi connectivity index (χ4v) is 3.55. The minimum Gasteiger partial charge on any atom is -0.462 e. The van der Waals surface area contributed by atoms with Crippen molar-refractivity contribution in [2.24, 2.45) is 0 Å². The van der Waals surface area contributed by atoms with Gasteiger partial charge in [-0.15, -0.1) is 0 Å². The Kier molecular flexibility index (Phi) is 6.68. The van der Waals surface area contributed by atoms with Gasteiger partial charge in [0.25, 0.3) is 0 Å². The predicted octanol–water partition coefficient (Wildman–Crippen LogP) is 5.99. The number of carbonyl (C=O) groups excluding carboxylic acids is 2. The maximum atomic E-state index is 12.9. The van der Waals surface area contributed by atoms with Gasteiger partial charge in [0.2, 0.25) is 0 Å². The van der Waals surface area contributed by atoms with E-state index in [-0.39, 0.29) is 13.2 Å². The van der Waals surface area contributed by atoms with E-state index in [0.29, 0.717) is 22.3 Å². The zero-order valence-electron chi connectivity index (χ0n) is 17.8. The second-order valence-electron chi connectivity index (χ2n) is 7.01. The smallest absolute Gasteiger partial charge is 0.338 e. The lowest BCUT2D eigenvalue weighted by Crippen LogP contribution is -2.12. The van der Waals surface area contributed by atoms with Gasteiger partial charge in [0, 0.05) is 0 Å². The number of esters is 2. The first-order chi connectivity index (χ1) is 14.5. The van der Waals surface area contributed by atoms with Gasteiger partial charge in [0.1, 0.15) is 0 Å². The summed E-state index contributed by atoms with van der Waals surface area (Å²) in [6.07, 6.45) is 0. The fraction of sp³-hybridized carbons (Fsp3) is 0.231. The molecule has 3 aromatic carbocycles. The molecule has 0 saturated heterocycles. The minimum atomic E-state index is -0.416. The summed E-state index contributed by atoms with van der Waals surface area (Å²) in [4.78, 5) is 25.8. The average Bonchev–Trinajstić information content (AvgIpc) is 2.74. The van der Waals surface area contributed by atoms with Crippen molar-refractivity contribution in [3.8, 4) is 22.3 Å². The average molecular weight is 402 g/mol. The van der Waals surface area contributed by atoms with Crippen LogP contribution in [0.25, 0.3) is 22.3 Å². The van der Waals surface area contributed by atoms with Crippen LogP contribution >= 0.6 is 0 Å². The minimum absolute atomic E-state index is 0.269. The van der Waals surface area contributed by atoms with Gasteiger partial charge in [-0.2, -0.15) is 0 Å². The first-order valence-electron chi connectivity index (χ1n) is 10.1. The largest absolute Gasteiger partial charge is 0.462 e. The number of hydrogen-bond acceptors (Lipinski definition) is 4. The second-order valence-corrected chi connectivity index (χ2v) is 7.01.